The molecule has 2 aromatic rings. The number of hydrogen-bond donors (Lipinski definition) is 0. The minimum Gasteiger partial charge on any atom is -0.337 e. The third-order valence-electron chi connectivity index (χ3n) is 2.55. The van der Waals surface area contributed by atoms with Gasteiger partial charge in [0.05, 0.1) is 8.81 Å². The summed E-state index contributed by atoms with van der Waals surface area (Å²) >= 11 is 13.2. The lowest BCUT2D eigenvalue weighted by Gasteiger charge is -2.16. The third kappa shape index (κ3) is 3.93. The molecule has 1 aromatic heterocycles. The first-order valence-electron chi connectivity index (χ1n) is 5.41. The summed E-state index contributed by atoms with van der Waals surface area (Å²) in [5, 5.41) is 2.65. The molecular formula is C13H10BrClINOS. The molecule has 0 bridgehead atoms. The number of carbonyl (C=O) groups is 1. The van der Waals surface area contributed by atoms with Gasteiger partial charge in [0.1, 0.15) is 0 Å². The van der Waals surface area contributed by atoms with E-state index in [1.54, 1.807) is 35.4 Å². The molecule has 0 saturated carbocycles. The predicted octanol–water partition coefficient (Wildman–Crippen LogP) is 5.04. The number of hydrogen-bond acceptors (Lipinski definition) is 2. The average molecular weight is 471 g/mol. The number of thiophene rings is 1. The lowest BCUT2D eigenvalue weighted by molar-refractivity contribution is 0.0785. The van der Waals surface area contributed by atoms with Crippen molar-refractivity contribution in [3.63, 3.8) is 0 Å². The van der Waals surface area contributed by atoms with Crippen molar-refractivity contribution in [2.24, 2.45) is 0 Å². The fourth-order valence-electron chi connectivity index (χ4n) is 1.62. The molecule has 0 N–H and O–H groups in total. The molecule has 0 radical (unpaired) electrons. The topological polar surface area (TPSA) is 20.3 Å². The van der Waals surface area contributed by atoms with Crippen molar-refractivity contribution in [1.29, 1.82) is 0 Å². The predicted molar refractivity (Wildman–Crippen MR) is 92.0 cm³/mol. The highest BCUT2D eigenvalue weighted by atomic mass is 127. The second-order valence-corrected chi connectivity index (χ2v) is 7.91. The normalized spacial score (nSPS) is 10.5. The molecule has 0 aliphatic rings. The Hall–Kier alpha value is -0.110. The van der Waals surface area contributed by atoms with Crippen LogP contribution in [-0.2, 0) is 6.54 Å². The summed E-state index contributed by atoms with van der Waals surface area (Å²) < 4.78 is 2.01. The summed E-state index contributed by atoms with van der Waals surface area (Å²) in [4.78, 5) is 14.0. The summed E-state index contributed by atoms with van der Waals surface area (Å²) in [5.74, 6) is -0.0272. The van der Waals surface area contributed by atoms with Crippen molar-refractivity contribution in [3.8, 4) is 0 Å². The fraction of sp³-hybridized carbons (Fsp3) is 0.154. The van der Waals surface area contributed by atoms with Crippen molar-refractivity contribution in [2.75, 3.05) is 7.05 Å². The number of benzene rings is 1. The lowest BCUT2D eigenvalue weighted by atomic mass is 10.2. The van der Waals surface area contributed by atoms with Gasteiger partial charge in [0.25, 0.3) is 5.91 Å². The largest absolute Gasteiger partial charge is 0.337 e. The molecule has 0 saturated heterocycles. The average Bonchev–Trinajstić information content (AvgIpc) is 2.77. The van der Waals surface area contributed by atoms with Crippen molar-refractivity contribution >= 4 is 67.4 Å². The number of halogens is 3. The van der Waals surface area contributed by atoms with E-state index in [2.05, 4.69) is 38.5 Å². The highest BCUT2D eigenvalue weighted by Crippen LogP contribution is 2.23. The lowest BCUT2D eigenvalue weighted by Crippen LogP contribution is -2.25. The van der Waals surface area contributed by atoms with Crippen LogP contribution in [-0.4, -0.2) is 17.9 Å². The van der Waals surface area contributed by atoms with Gasteiger partial charge >= 0.3 is 0 Å². The van der Waals surface area contributed by atoms with Gasteiger partial charge in [-0.2, -0.15) is 0 Å². The van der Waals surface area contributed by atoms with E-state index in [4.69, 9.17) is 11.6 Å². The summed E-state index contributed by atoms with van der Waals surface area (Å²) in [6.45, 7) is 0.588. The van der Waals surface area contributed by atoms with Crippen molar-refractivity contribution < 1.29 is 4.79 Å². The Morgan fingerprint density at radius 2 is 2.21 bits per heavy atom. The summed E-state index contributed by atoms with van der Waals surface area (Å²) in [7, 11) is 1.79. The molecule has 1 amide bonds. The highest BCUT2D eigenvalue weighted by molar-refractivity contribution is 14.1. The van der Waals surface area contributed by atoms with Crippen LogP contribution in [0.15, 0.2) is 33.4 Å². The number of nitrogens with zero attached hydrogens (tertiary/aromatic N) is 1. The summed E-state index contributed by atoms with van der Waals surface area (Å²) in [6.07, 6.45) is 0. The van der Waals surface area contributed by atoms with Gasteiger partial charge in [-0.3, -0.25) is 4.79 Å². The molecule has 2 nitrogen and oxygen atoms in total. The molecule has 100 valence electrons. The second-order valence-electron chi connectivity index (χ2n) is 4.05. The van der Waals surface area contributed by atoms with E-state index in [9.17, 15) is 4.79 Å². The molecule has 0 unspecified atom stereocenters. The van der Waals surface area contributed by atoms with Crippen LogP contribution in [0.4, 0.5) is 0 Å². The molecule has 0 fully saturated rings. The van der Waals surface area contributed by atoms with Gasteiger partial charge in [-0.1, -0.05) is 11.6 Å². The standard InChI is InChI=1S/C13H10BrClINOS/c1-17(6-8-4-12(14)19-7-8)13(18)9-2-3-11(16)10(15)5-9/h2-5,7H,6H2,1H3. The zero-order valence-electron chi connectivity index (χ0n) is 9.99. The Labute approximate surface area is 143 Å². The quantitative estimate of drug-likeness (QED) is 0.576. The van der Waals surface area contributed by atoms with Gasteiger partial charge in [-0.05, 0) is 73.7 Å². The van der Waals surface area contributed by atoms with Crippen LogP contribution in [0.25, 0.3) is 0 Å². The van der Waals surface area contributed by atoms with Crippen LogP contribution in [0.5, 0.6) is 0 Å². The van der Waals surface area contributed by atoms with Crippen LogP contribution in [0.1, 0.15) is 15.9 Å². The van der Waals surface area contributed by atoms with Crippen LogP contribution in [0.3, 0.4) is 0 Å². The van der Waals surface area contributed by atoms with Crippen molar-refractivity contribution in [3.05, 3.63) is 53.2 Å². The van der Waals surface area contributed by atoms with Crippen LogP contribution in [0.2, 0.25) is 5.02 Å². The Morgan fingerprint density at radius 3 is 2.79 bits per heavy atom. The fourth-order valence-corrected chi connectivity index (χ4v) is 3.34. The molecule has 0 spiro atoms. The van der Waals surface area contributed by atoms with E-state index in [0.717, 1.165) is 12.9 Å². The van der Waals surface area contributed by atoms with E-state index in [1.807, 2.05) is 17.5 Å². The molecule has 2 rings (SSSR count). The Balaban J connectivity index is 2.12. The molecule has 1 heterocycles. The van der Waals surface area contributed by atoms with Gasteiger partial charge in [-0.25, -0.2) is 0 Å². The zero-order chi connectivity index (χ0) is 14.0. The van der Waals surface area contributed by atoms with Crippen LogP contribution < -0.4 is 0 Å². The minimum atomic E-state index is -0.0272. The minimum absolute atomic E-state index is 0.0272. The number of amides is 1. The van der Waals surface area contributed by atoms with Gasteiger partial charge in [0.15, 0.2) is 0 Å². The number of rotatable bonds is 3. The van der Waals surface area contributed by atoms with Gasteiger partial charge in [0.2, 0.25) is 0 Å². The molecular weight excluding hydrogens is 460 g/mol. The Bertz CT molecular complexity index is 616. The molecule has 6 heteroatoms. The van der Waals surface area contributed by atoms with Crippen LogP contribution in [0, 0.1) is 3.57 Å². The monoisotopic (exact) mass is 469 g/mol. The highest BCUT2D eigenvalue weighted by Gasteiger charge is 2.13. The van der Waals surface area contributed by atoms with Crippen molar-refractivity contribution in [2.45, 2.75) is 6.54 Å². The second kappa shape index (κ2) is 6.56. The first kappa shape index (κ1) is 15.3. The summed E-state index contributed by atoms with van der Waals surface area (Å²) in [5.41, 5.74) is 1.73. The third-order valence-corrected chi connectivity index (χ3v) is 5.68. The van der Waals surface area contributed by atoms with E-state index in [0.29, 0.717) is 17.1 Å². The Morgan fingerprint density at radius 1 is 1.47 bits per heavy atom. The maximum atomic E-state index is 12.3. The van der Waals surface area contributed by atoms with E-state index < -0.39 is 0 Å². The van der Waals surface area contributed by atoms with Gasteiger partial charge in [-0.15, -0.1) is 11.3 Å². The number of carbonyl (C=O) groups excluding carboxylic acids is 1. The first-order chi connectivity index (χ1) is 8.97. The van der Waals surface area contributed by atoms with Gasteiger partial charge in [0, 0.05) is 22.7 Å². The molecule has 0 atom stereocenters. The smallest absolute Gasteiger partial charge is 0.253 e. The summed E-state index contributed by atoms with van der Waals surface area (Å²) in [6, 6.07) is 7.39. The van der Waals surface area contributed by atoms with E-state index in [-0.39, 0.29) is 5.91 Å². The van der Waals surface area contributed by atoms with Crippen LogP contribution >= 0.6 is 61.5 Å². The molecule has 0 aliphatic heterocycles. The van der Waals surface area contributed by atoms with Crippen molar-refractivity contribution in [1.82, 2.24) is 4.90 Å². The van der Waals surface area contributed by atoms with Gasteiger partial charge < -0.3 is 4.90 Å². The van der Waals surface area contributed by atoms with E-state index in [1.165, 1.54) is 0 Å². The molecule has 1 aromatic carbocycles. The maximum Gasteiger partial charge on any atom is 0.253 e. The maximum absolute atomic E-state index is 12.3. The zero-order valence-corrected chi connectivity index (χ0v) is 15.3. The Kier molecular flexibility index (Phi) is 5.28. The SMILES string of the molecule is CN(Cc1csc(Br)c1)C(=O)c1ccc(I)c(Cl)c1. The molecule has 19 heavy (non-hydrogen) atoms. The first-order valence-corrected chi connectivity index (χ1v) is 8.53. The molecule has 0 aliphatic carbocycles. The van der Waals surface area contributed by atoms with E-state index >= 15 is 0 Å².